The molecule has 0 radical (unpaired) electrons. The van der Waals surface area contributed by atoms with Gasteiger partial charge in [-0.15, -0.1) is 0 Å². The highest BCUT2D eigenvalue weighted by atomic mass is 16.2. The van der Waals surface area contributed by atoms with Gasteiger partial charge in [0.15, 0.2) is 0 Å². The molecule has 0 aromatic heterocycles. The van der Waals surface area contributed by atoms with Crippen LogP contribution in [0.4, 0.5) is 5.69 Å². The highest BCUT2D eigenvalue weighted by Crippen LogP contribution is 2.20. The first-order chi connectivity index (χ1) is 14.5. The smallest absolute Gasteiger partial charge is 0.244 e. The molecule has 158 valence electrons. The summed E-state index contributed by atoms with van der Waals surface area (Å²) in [5, 5.41) is 20.8. The van der Waals surface area contributed by atoms with Crippen LogP contribution in [-0.4, -0.2) is 30.5 Å². The second-order valence-electron chi connectivity index (χ2n) is 7.61. The number of aryl methyl sites for hydroxylation is 1. The SMILES string of the molecule is CCCCc1cccc(/C(=C/C(=N)NC(=O)C2CNC(C)N2)Nc2ccccc2)c1. The number of anilines is 1. The maximum absolute atomic E-state index is 12.4. The van der Waals surface area contributed by atoms with Crippen LogP contribution in [0.3, 0.4) is 0 Å². The lowest BCUT2D eigenvalue weighted by Gasteiger charge is -2.15. The molecule has 5 N–H and O–H groups in total. The van der Waals surface area contributed by atoms with Crippen molar-refractivity contribution in [2.75, 3.05) is 11.9 Å². The number of amidine groups is 1. The zero-order chi connectivity index (χ0) is 21.3. The molecule has 0 aliphatic carbocycles. The first kappa shape index (κ1) is 21.7. The third-order valence-electron chi connectivity index (χ3n) is 5.05. The molecule has 1 heterocycles. The second kappa shape index (κ2) is 10.7. The van der Waals surface area contributed by atoms with Gasteiger partial charge in [0.2, 0.25) is 5.91 Å². The molecule has 0 spiro atoms. The zero-order valence-electron chi connectivity index (χ0n) is 17.7. The number of benzene rings is 2. The van der Waals surface area contributed by atoms with Crippen LogP contribution in [0.25, 0.3) is 5.70 Å². The van der Waals surface area contributed by atoms with Gasteiger partial charge in [0.1, 0.15) is 11.9 Å². The predicted octanol–water partition coefficient (Wildman–Crippen LogP) is 3.48. The minimum absolute atomic E-state index is 0.0544. The normalized spacial score (nSPS) is 18.8. The van der Waals surface area contributed by atoms with E-state index in [4.69, 9.17) is 5.41 Å². The molecule has 1 saturated heterocycles. The fourth-order valence-electron chi connectivity index (χ4n) is 3.43. The van der Waals surface area contributed by atoms with E-state index in [2.05, 4.69) is 40.3 Å². The molecular formula is C24H31N5O. The van der Waals surface area contributed by atoms with E-state index in [0.29, 0.717) is 6.54 Å². The summed E-state index contributed by atoms with van der Waals surface area (Å²) in [7, 11) is 0. The van der Waals surface area contributed by atoms with Crippen molar-refractivity contribution in [1.82, 2.24) is 16.0 Å². The molecule has 2 aromatic carbocycles. The van der Waals surface area contributed by atoms with E-state index in [0.717, 1.165) is 36.2 Å². The molecule has 3 rings (SSSR count). The highest BCUT2D eigenvalue weighted by Gasteiger charge is 2.26. The van der Waals surface area contributed by atoms with Crippen LogP contribution >= 0.6 is 0 Å². The van der Waals surface area contributed by atoms with E-state index in [1.54, 1.807) is 6.08 Å². The fraction of sp³-hybridized carbons (Fsp3) is 0.333. The highest BCUT2D eigenvalue weighted by molar-refractivity contribution is 6.08. The maximum atomic E-state index is 12.4. The fourth-order valence-corrected chi connectivity index (χ4v) is 3.43. The number of hydrogen-bond donors (Lipinski definition) is 5. The zero-order valence-corrected chi connectivity index (χ0v) is 17.7. The van der Waals surface area contributed by atoms with Gasteiger partial charge in [-0.05, 0) is 49.1 Å². The molecule has 2 unspecified atom stereocenters. The van der Waals surface area contributed by atoms with Crippen LogP contribution in [0.5, 0.6) is 0 Å². The Morgan fingerprint density at radius 1 is 1.20 bits per heavy atom. The number of carbonyl (C=O) groups is 1. The summed E-state index contributed by atoms with van der Waals surface area (Å²) in [4.78, 5) is 12.4. The summed E-state index contributed by atoms with van der Waals surface area (Å²) in [6.45, 7) is 4.70. The minimum Gasteiger partial charge on any atom is -0.355 e. The Balaban J connectivity index is 1.80. The lowest BCUT2D eigenvalue weighted by atomic mass is 10.0. The largest absolute Gasteiger partial charge is 0.355 e. The summed E-state index contributed by atoms with van der Waals surface area (Å²) in [6.07, 6.45) is 5.08. The van der Waals surface area contributed by atoms with Gasteiger partial charge in [-0.3, -0.25) is 15.5 Å². The van der Waals surface area contributed by atoms with Crippen LogP contribution in [0.2, 0.25) is 0 Å². The van der Waals surface area contributed by atoms with Crippen molar-refractivity contribution in [3.63, 3.8) is 0 Å². The van der Waals surface area contributed by atoms with Crippen molar-refractivity contribution in [2.45, 2.75) is 45.3 Å². The number of rotatable bonds is 8. The molecule has 1 aliphatic rings. The molecule has 1 aliphatic heterocycles. The molecule has 6 nitrogen and oxygen atoms in total. The maximum Gasteiger partial charge on any atom is 0.244 e. The quantitative estimate of drug-likeness (QED) is 0.344. The Kier molecular flexibility index (Phi) is 7.76. The summed E-state index contributed by atoms with van der Waals surface area (Å²) >= 11 is 0. The van der Waals surface area contributed by atoms with Gasteiger partial charge >= 0.3 is 0 Å². The molecule has 2 aromatic rings. The summed E-state index contributed by atoms with van der Waals surface area (Å²) in [5.74, 6) is -0.150. The lowest BCUT2D eigenvalue weighted by molar-refractivity contribution is -0.121. The number of nitrogens with one attached hydrogen (secondary N) is 5. The van der Waals surface area contributed by atoms with Crippen LogP contribution in [0, 0.1) is 5.41 Å². The summed E-state index contributed by atoms with van der Waals surface area (Å²) in [5.41, 5.74) is 3.95. The monoisotopic (exact) mass is 405 g/mol. The van der Waals surface area contributed by atoms with Crippen LogP contribution in [0.1, 0.15) is 37.8 Å². The van der Waals surface area contributed by atoms with Crippen LogP contribution in [0.15, 0.2) is 60.7 Å². The molecule has 0 bridgehead atoms. The second-order valence-corrected chi connectivity index (χ2v) is 7.61. The van der Waals surface area contributed by atoms with Crippen LogP contribution < -0.4 is 21.3 Å². The topological polar surface area (TPSA) is 89.0 Å². The standard InChI is InChI=1S/C24H31N5O/c1-3-4-9-18-10-8-11-19(14-18)21(28-20-12-6-5-7-13-20)15-23(25)29-24(30)22-16-26-17(2)27-22/h5-8,10-15,17,22,26-28H,3-4,9,16H2,1-2H3,(H2,25,29,30)/b21-15-. The van der Waals surface area contributed by atoms with Gasteiger partial charge < -0.3 is 16.0 Å². The van der Waals surface area contributed by atoms with Gasteiger partial charge in [-0.2, -0.15) is 0 Å². The van der Waals surface area contributed by atoms with E-state index in [1.807, 2.05) is 49.4 Å². The van der Waals surface area contributed by atoms with Crippen molar-refractivity contribution in [3.8, 4) is 0 Å². The third-order valence-corrected chi connectivity index (χ3v) is 5.05. The first-order valence-electron chi connectivity index (χ1n) is 10.6. The van der Waals surface area contributed by atoms with Crippen molar-refractivity contribution in [2.24, 2.45) is 0 Å². The molecule has 1 fully saturated rings. The molecule has 0 saturated carbocycles. The van der Waals surface area contributed by atoms with E-state index < -0.39 is 0 Å². The third kappa shape index (κ3) is 6.27. The number of unbranched alkanes of at least 4 members (excludes halogenated alkanes) is 1. The lowest BCUT2D eigenvalue weighted by Crippen LogP contribution is -2.45. The molecular weight excluding hydrogens is 374 g/mol. The Bertz CT molecular complexity index is 893. The number of amides is 1. The van der Waals surface area contributed by atoms with Crippen LogP contribution in [-0.2, 0) is 11.2 Å². The minimum atomic E-state index is -0.336. The Morgan fingerprint density at radius 3 is 2.70 bits per heavy atom. The molecule has 30 heavy (non-hydrogen) atoms. The summed E-state index contributed by atoms with van der Waals surface area (Å²) in [6, 6.07) is 17.9. The Morgan fingerprint density at radius 2 is 2.00 bits per heavy atom. The van der Waals surface area contributed by atoms with E-state index in [9.17, 15) is 4.79 Å². The molecule has 2 atom stereocenters. The number of para-hydroxylation sites is 1. The van der Waals surface area contributed by atoms with E-state index >= 15 is 0 Å². The van der Waals surface area contributed by atoms with E-state index in [-0.39, 0.29) is 24.0 Å². The van der Waals surface area contributed by atoms with Gasteiger partial charge in [-0.25, -0.2) is 0 Å². The Hall–Kier alpha value is -2.96. The van der Waals surface area contributed by atoms with Gasteiger partial charge in [0.05, 0.1) is 6.17 Å². The molecule has 1 amide bonds. The number of carbonyl (C=O) groups excluding carboxylic acids is 1. The average Bonchev–Trinajstić information content (AvgIpc) is 3.19. The van der Waals surface area contributed by atoms with Gasteiger partial charge in [0.25, 0.3) is 0 Å². The molecule has 6 heteroatoms. The van der Waals surface area contributed by atoms with Crippen molar-refractivity contribution in [3.05, 3.63) is 71.8 Å². The predicted molar refractivity (Wildman–Crippen MR) is 123 cm³/mol. The number of hydrogen-bond acceptors (Lipinski definition) is 5. The van der Waals surface area contributed by atoms with Crippen molar-refractivity contribution < 1.29 is 4.79 Å². The average molecular weight is 406 g/mol. The van der Waals surface area contributed by atoms with E-state index in [1.165, 1.54) is 5.56 Å². The van der Waals surface area contributed by atoms with Gasteiger partial charge in [0, 0.05) is 24.0 Å². The van der Waals surface area contributed by atoms with Gasteiger partial charge in [-0.1, -0.05) is 49.7 Å². The summed E-state index contributed by atoms with van der Waals surface area (Å²) < 4.78 is 0. The van der Waals surface area contributed by atoms with Crippen molar-refractivity contribution in [1.29, 1.82) is 5.41 Å². The Labute approximate surface area is 178 Å². The van der Waals surface area contributed by atoms with Crippen molar-refractivity contribution >= 4 is 23.1 Å². The first-order valence-corrected chi connectivity index (χ1v) is 10.6.